The molecule has 1 saturated heterocycles. The van der Waals surface area contributed by atoms with E-state index in [1.165, 1.54) is 59.8 Å². The fourth-order valence-corrected chi connectivity index (χ4v) is 3.26. The number of nitrogens with one attached hydrogen (secondary N) is 1. The van der Waals surface area contributed by atoms with Gasteiger partial charge in [-0.3, -0.25) is 0 Å². The number of anilines is 1. The molecule has 0 radical (unpaired) electrons. The van der Waals surface area contributed by atoms with Crippen LogP contribution in [0.15, 0.2) is 42.5 Å². The number of aromatic amines is 1. The summed E-state index contributed by atoms with van der Waals surface area (Å²) >= 11 is 0. The van der Waals surface area contributed by atoms with E-state index >= 15 is 0 Å². The quantitative estimate of drug-likeness (QED) is 0.681. The van der Waals surface area contributed by atoms with Gasteiger partial charge in [-0.2, -0.15) is 0 Å². The zero-order valence-electron chi connectivity index (χ0n) is 11.0. The number of rotatable bonds is 1. The van der Waals surface area contributed by atoms with Gasteiger partial charge in [-0.1, -0.05) is 30.3 Å². The predicted molar refractivity (Wildman–Crippen MR) is 81.9 cm³/mol. The lowest BCUT2D eigenvalue weighted by molar-refractivity contribution is 0.579. The Bertz CT molecular complexity index is 720. The molecule has 2 heteroatoms. The van der Waals surface area contributed by atoms with Crippen molar-refractivity contribution in [3.05, 3.63) is 42.5 Å². The number of fused-ring (bicyclic) bond motifs is 3. The molecule has 1 aliphatic heterocycles. The predicted octanol–water partition coefficient (Wildman–Crippen LogP) is 4.31. The van der Waals surface area contributed by atoms with E-state index in [0.717, 1.165) is 0 Å². The molecule has 1 N–H and O–H groups in total. The number of piperidine rings is 1. The third kappa shape index (κ3) is 1.71. The van der Waals surface area contributed by atoms with Gasteiger partial charge in [-0.15, -0.1) is 0 Å². The largest absolute Gasteiger partial charge is 0.370 e. The lowest BCUT2D eigenvalue weighted by atomic mass is 10.1. The normalized spacial score (nSPS) is 16.3. The summed E-state index contributed by atoms with van der Waals surface area (Å²) in [5, 5.41) is 2.68. The van der Waals surface area contributed by atoms with Gasteiger partial charge in [0, 0.05) is 29.4 Å². The summed E-state index contributed by atoms with van der Waals surface area (Å²) in [5.41, 5.74) is 3.90. The number of hydrogen-bond donors (Lipinski definition) is 1. The monoisotopic (exact) mass is 250 g/mol. The first-order valence-corrected chi connectivity index (χ1v) is 7.18. The van der Waals surface area contributed by atoms with E-state index in [-0.39, 0.29) is 0 Å². The van der Waals surface area contributed by atoms with Gasteiger partial charge in [-0.25, -0.2) is 0 Å². The van der Waals surface area contributed by atoms with Crippen molar-refractivity contribution in [3.63, 3.8) is 0 Å². The van der Waals surface area contributed by atoms with Crippen molar-refractivity contribution in [1.29, 1.82) is 0 Å². The summed E-state index contributed by atoms with van der Waals surface area (Å²) in [6.45, 7) is 2.38. The highest BCUT2D eigenvalue weighted by Crippen LogP contribution is 2.33. The molecule has 0 unspecified atom stereocenters. The molecule has 2 aromatic carbocycles. The summed E-state index contributed by atoms with van der Waals surface area (Å²) in [4.78, 5) is 6.13. The minimum atomic E-state index is 1.19. The van der Waals surface area contributed by atoms with Gasteiger partial charge in [0.05, 0.1) is 11.2 Å². The summed E-state index contributed by atoms with van der Waals surface area (Å²) < 4.78 is 0. The van der Waals surface area contributed by atoms with Gasteiger partial charge in [-0.05, 0) is 31.4 Å². The Labute approximate surface area is 113 Å². The van der Waals surface area contributed by atoms with Crippen LogP contribution in [0.25, 0.3) is 21.8 Å². The van der Waals surface area contributed by atoms with E-state index in [2.05, 4.69) is 52.3 Å². The highest BCUT2D eigenvalue weighted by Gasteiger charge is 2.15. The first-order chi connectivity index (χ1) is 9.43. The van der Waals surface area contributed by atoms with Gasteiger partial charge in [0.2, 0.25) is 0 Å². The molecule has 96 valence electrons. The van der Waals surface area contributed by atoms with Gasteiger partial charge in [0.1, 0.15) is 0 Å². The highest BCUT2D eigenvalue weighted by molar-refractivity contribution is 6.11. The average Bonchev–Trinajstić information content (AvgIpc) is 2.87. The minimum Gasteiger partial charge on any atom is -0.370 e. The molecule has 1 fully saturated rings. The molecule has 2 heterocycles. The third-order valence-electron chi connectivity index (χ3n) is 4.22. The van der Waals surface area contributed by atoms with Crippen molar-refractivity contribution in [3.8, 4) is 0 Å². The van der Waals surface area contributed by atoms with Crippen LogP contribution >= 0.6 is 0 Å². The maximum Gasteiger partial charge on any atom is 0.0702 e. The first-order valence-electron chi connectivity index (χ1n) is 7.18. The van der Waals surface area contributed by atoms with E-state index in [0.29, 0.717) is 0 Å². The van der Waals surface area contributed by atoms with Crippen molar-refractivity contribution in [1.82, 2.24) is 4.98 Å². The molecule has 1 aromatic heterocycles. The molecule has 0 saturated carbocycles. The summed E-state index contributed by atoms with van der Waals surface area (Å²) in [5.74, 6) is 0. The summed E-state index contributed by atoms with van der Waals surface area (Å²) in [6, 6.07) is 15.2. The molecular weight excluding hydrogens is 232 g/mol. The fraction of sp³-hybridized carbons (Fsp3) is 0.294. The zero-order chi connectivity index (χ0) is 12.7. The van der Waals surface area contributed by atoms with Crippen LogP contribution in [0.4, 0.5) is 5.69 Å². The second-order valence-electron chi connectivity index (χ2n) is 5.42. The van der Waals surface area contributed by atoms with E-state index in [9.17, 15) is 0 Å². The molecule has 0 bridgehead atoms. The summed E-state index contributed by atoms with van der Waals surface area (Å²) in [6.07, 6.45) is 4.01. The Hall–Kier alpha value is -1.96. The van der Waals surface area contributed by atoms with E-state index in [4.69, 9.17) is 0 Å². The molecule has 0 aliphatic carbocycles. The van der Waals surface area contributed by atoms with Gasteiger partial charge >= 0.3 is 0 Å². The van der Waals surface area contributed by atoms with Crippen molar-refractivity contribution < 1.29 is 0 Å². The fourth-order valence-electron chi connectivity index (χ4n) is 3.26. The lowest BCUT2D eigenvalue weighted by Crippen LogP contribution is -2.29. The first kappa shape index (κ1) is 10.9. The minimum absolute atomic E-state index is 1.19. The Kier molecular flexibility index (Phi) is 2.47. The Balaban J connectivity index is 1.95. The molecule has 0 atom stereocenters. The number of hydrogen-bond acceptors (Lipinski definition) is 1. The number of para-hydroxylation sites is 2. The maximum absolute atomic E-state index is 3.60. The van der Waals surface area contributed by atoms with Crippen LogP contribution < -0.4 is 4.90 Å². The van der Waals surface area contributed by atoms with E-state index in [1.807, 2.05) is 0 Å². The molecule has 2 nitrogen and oxygen atoms in total. The smallest absolute Gasteiger partial charge is 0.0702 e. The molecule has 19 heavy (non-hydrogen) atoms. The molecule has 4 rings (SSSR count). The van der Waals surface area contributed by atoms with Crippen molar-refractivity contribution in [2.75, 3.05) is 18.0 Å². The van der Waals surface area contributed by atoms with Crippen LogP contribution in [0, 0.1) is 0 Å². The lowest BCUT2D eigenvalue weighted by Gasteiger charge is -2.29. The van der Waals surface area contributed by atoms with E-state index in [1.54, 1.807) is 0 Å². The number of benzene rings is 2. The summed E-state index contributed by atoms with van der Waals surface area (Å²) in [7, 11) is 0. The van der Waals surface area contributed by atoms with Crippen molar-refractivity contribution in [2.45, 2.75) is 19.3 Å². The van der Waals surface area contributed by atoms with Crippen LogP contribution in [0.2, 0.25) is 0 Å². The van der Waals surface area contributed by atoms with E-state index < -0.39 is 0 Å². The molecular formula is C17H18N2. The topological polar surface area (TPSA) is 19.0 Å². The Morgan fingerprint density at radius 3 is 2.47 bits per heavy atom. The Morgan fingerprint density at radius 1 is 0.789 bits per heavy atom. The number of H-pyrrole nitrogens is 1. The van der Waals surface area contributed by atoms with Crippen LogP contribution in [-0.4, -0.2) is 18.1 Å². The van der Waals surface area contributed by atoms with Crippen LogP contribution in [0.1, 0.15) is 19.3 Å². The second-order valence-corrected chi connectivity index (χ2v) is 5.42. The van der Waals surface area contributed by atoms with Crippen molar-refractivity contribution >= 4 is 27.5 Å². The van der Waals surface area contributed by atoms with Crippen LogP contribution in [-0.2, 0) is 0 Å². The van der Waals surface area contributed by atoms with Gasteiger partial charge < -0.3 is 9.88 Å². The average molecular weight is 250 g/mol. The molecule has 0 spiro atoms. The van der Waals surface area contributed by atoms with Crippen LogP contribution in [0.3, 0.4) is 0 Å². The standard InChI is InChI=1S/C17H18N2/c1-4-11-19(12-5-1)16-10-6-8-14-13-7-2-3-9-15(13)18-17(14)16/h2-3,6-10,18H,1,4-5,11-12H2. The number of aromatic nitrogens is 1. The SMILES string of the molecule is c1ccc2c(c1)[nH]c1c(N3CCCCC3)cccc12. The molecule has 0 amide bonds. The van der Waals surface area contributed by atoms with Gasteiger partial charge in [0.15, 0.2) is 0 Å². The second kappa shape index (κ2) is 4.30. The van der Waals surface area contributed by atoms with Crippen LogP contribution in [0.5, 0.6) is 0 Å². The maximum atomic E-state index is 3.60. The zero-order valence-corrected chi connectivity index (χ0v) is 11.0. The highest BCUT2D eigenvalue weighted by atomic mass is 15.1. The number of nitrogens with zero attached hydrogens (tertiary/aromatic N) is 1. The molecule has 3 aromatic rings. The third-order valence-corrected chi connectivity index (χ3v) is 4.22. The molecule has 1 aliphatic rings. The van der Waals surface area contributed by atoms with Crippen molar-refractivity contribution in [2.24, 2.45) is 0 Å². The van der Waals surface area contributed by atoms with Gasteiger partial charge in [0.25, 0.3) is 0 Å². The Morgan fingerprint density at radius 2 is 1.58 bits per heavy atom.